The van der Waals surface area contributed by atoms with Crippen LogP contribution < -0.4 is 10.6 Å². The number of pyridine rings is 1. The summed E-state index contributed by atoms with van der Waals surface area (Å²) in [6.45, 7) is 5.03. The third kappa shape index (κ3) is 3.46. The zero-order valence-corrected chi connectivity index (χ0v) is 15.8. The quantitative estimate of drug-likeness (QED) is 0.764. The highest BCUT2D eigenvalue weighted by molar-refractivity contribution is 6.07. The predicted molar refractivity (Wildman–Crippen MR) is 102 cm³/mol. The van der Waals surface area contributed by atoms with E-state index in [1.165, 1.54) is 24.2 Å². The van der Waals surface area contributed by atoms with Gasteiger partial charge in [-0.25, -0.2) is 4.79 Å². The average Bonchev–Trinajstić information content (AvgIpc) is 2.99. The van der Waals surface area contributed by atoms with Crippen molar-refractivity contribution in [3.05, 3.63) is 30.1 Å². The molecule has 3 saturated heterocycles. The second kappa shape index (κ2) is 7.94. The van der Waals surface area contributed by atoms with Crippen molar-refractivity contribution in [2.75, 3.05) is 39.3 Å². The van der Waals surface area contributed by atoms with E-state index in [0.717, 1.165) is 45.6 Å². The summed E-state index contributed by atoms with van der Waals surface area (Å²) in [6, 6.07) is 5.32. The fraction of sp³-hybridized carbons (Fsp3) is 0.650. The molecule has 0 bridgehead atoms. The molecule has 4 heterocycles. The lowest BCUT2D eigenvalue weighted by Gasteiger charge is -2.37. The van der Waals surface area contributed by atoms with E-state index in [-0.39, 0.29) is 17.9 Å². The first-order valence-corrected chi connectivity index (χ1v) is 10.2. The first-order chi connectivity index (χ1) is 13.2. The number of hydrogen-bond acceptors (Lipinski definition) is 5. The summed E-state index contributed by atoms with van der Waals surface area (Å²) in [4.78, 5) is 34.7. The monoisotopic (exact) mass is 371 g/mol. The van der Waals surface area contributed by atoms with Gasteiger partial charge >= 0.3 is 6.03 Å². The van der Waals surface area contributed by atoms with Crippen LogP contribution in [0.2, 0.25) is 0 Å². The maximum atomic E-state index is 13.6. The highest BCUT2D eigenvalue weighted by atomic mass is 16.2. The Morgan fingerprint density at radius 2 is 1.85 bits per heavy atom. The largest absolute Gasteiger partial charge is 0.325 e. The number of likely N-dealkylation sites (tertiary alicyclic amines) is 1. The molecule has 0 aliphatic carbocycles. The Hall–Kier alpha value is -1.99. The Labute approximate surface area is 160 Å². The molecular formula is C20H29N5O2. The highest BCUT2D eigenvalue weighted by Gasteiger charge is 2.57. The molecule has 3 amide bonds. The zero-order valence-electron chi connectivity index (χ0n) is 15.8. The Morgan fingerprint density at radius 1 is 1.07 bits per heavy atom. The van der Waals surface area contributed by atoms with Crippen LogP contribution in [-0.4, -0.2) is 66.0 Å². The van der Waals surface area contributed by atoms with Gasteiger partial charge in [0.2, 0.25) is 0 Å². The molecule has 3 aliphatic rings. The van der Waals surface area contributed by atoms with Crippen molar-refractivity contribution in [3.8, 4) is 0 Å². The molecule has 0 spiro atoms. The fourth-order valence-electron chi connectivity index (χ4n) is 4.73. The number of amides is 3. The van der Waals surface area contributed by atoms with Gasteiger partial charge in [0.25, 0.3) is 5.91 Å². The number of carbonyl (C=O) groups excluding carboxylic acids is 2. The summed E-state index contributed by atoms with van der Waals surface area (Å²) in [5.74, 6) is -0.0693. The Bertz CT molecular complexity index is 670. The summed E-state index contributed by atoms with van der Waals surface area (Å²) >= 11 is 0. The lowest BCUT2D eigenvalue weighted by molar-refractivity contribution is -0.134. The van der Waals surface area contributed by atoms with Gasteiger partial charge in [-0.2, -0.15) is 0 Å². The molecule has 1 unspecified atom stereocenters. The molecule has 7 nitrogen and oxygen atoms in total. The highest BCUT2D eigenvalue weighted by Crippen LogP contribution is 2.39. The van der Waals surface area contributed by atoms with Crippen LogP contribution in [0.25, 0.3) is 0 Å². The number of urea groups is 1. The molecule has 3 aliphatic heterocycles. The SMILES string of the molecule is O=C1NC(c2ccccn2)(C2CCNCC2)C(=O)N1CCN1CCCCC1. The van der Waals surface area contributed by atoms with Crippen LogP contribution in [-0.2, 0) is 10.3 Å². The average molecular weight is 371 g/mol. The summed E-state index contributed by atoms with van der Waals surface area (Å²) in [6.07, 6.45) is 7.08. The number of rotatable bonds is 5. The second-order valence-electron chi connectivity index (χ2n) is 7.84. The lowest BCUT2D eigenvalue weighted by Crippen LogP contribution is -2.53. The van der Waals surface area contributed by atoms with Gasteiger partial charge in [-0.3, -0.25) is 14.7 Å². The number of carbonyl (C=O) groups is 2. The van der Waals surface area contributed by atoms with Crippen LogP contribution in [0.5, 0.6) is 0 Å². The molecule has 1 aromatic heterocycles. The van der Waals surface area contributed by atoms with Crippen LogP contribution in [0.1, 0.15) is 37.8 Å². The van der Waals surface area contributed by atoms with Crippen LogP contribution in [0.15, 0.2) is 24.4 Å². The number of piperidine rings is 2. The predicted octanol–water partition coefficient (Wildman–Crippen LogP) is 1.31. The minimum atomic E-state index is -1.03. The van der Waals surface area contributed by atoms with Gasteiger partial charge in [-0.05, 0) is 69.9 Å². The standard InChI is InChI=1S/C20H29N5O2/c26-18-20(16-7-10-21-11-8-16,17-6-2-3-9-22-17)23-19(27)25(18)15-14-24-12-4-1-5-13-24/h2-3,6,9,16,21H,1,4-5,7-8,10-15H2,(H,23,27). The van der Waals surface area contributed by atoms with Gasteiger partial charge in [0.15, 0.2) is 5.54 Å². The van der Waals surface area contributed by atoms with Gasteiger partial charge in [0.05, 0.1) is 5.69 Å². The van der Waals surface area contributed by atoms with Crippen LogP contribution in [0, 0.1) is 5.92 Å². The molecule has 2 N–H and O–H groups in total. The van der Waals surface area contributed by atoms with E-state index in [4.69, 9.17) is 0 Å². The van der Waals surface area contributed by atoms with E-state index < -0.39 is 5.54 Å². The van der Waals surface area contributed by atoms with E-state index in [1.54, 1.807) is 6.20 Å². The molecule has 4 rings (SSSR count). The summed E-state index contributed by atoms with van der Waals surface area (Å²) in [7, 11) is 0. The van der Waals surface area contributed by atoms with Crippen LogP contribution in [0.3, 0.4) is 0 Å². The van der Waals surface area contributed by atoms with E-state index in [0.29, 0.717) is 12.2 Å². The van der Waals surface area contributed by atoms with Crippen LogP contribution >= 0.6 is 0 Å². The smallest absolute Gasteiger partial charge is 0.318 e. The molecule has 1 atom stereocenters. The molecule has 0 radical (unpaired) electrons. The molecule has 27 heavy (non-hydrogen) atoms. The molecule has 0 saturated carbocycles. The van der Waals surface area contributed by atoms with E-state index in [9.17, 15) is 9.59 Å². The Balaban J connectivity index is 1.57. The normalized spacial score (nSPS) is 27.8. The molecule has 7 heteroatoms. The van der Waals surface area contributed by atoms with Gasteiger partial charge in [0, 0.05) is 19.3 Å². The number of nitrogens with zero attached hydrogens (tertiary/aromatic N) is 3. The van der Waals surface area contributed by atoms with Crippen molar-refractivity contribution in [1.82, 2.24) is 25.4 Å². The van der Waals surface area contributed by atoms with Gasteiger partial charge in [0.1, 0.15) is 0 Å². The Kier molecular flexibility index (Phi) is 5.41. The lowest BCUT2D eigenvalue weighted by atomic mass is 9.75. The number of aromatic nitrogens is 1. The molecule has 146 valence electrons. The van der Waals surface area contributed by atoms with Crippen molar-refractivity contribution < 1.29 is 9.59 Å². The number of hydrogen-bond donors (Lipinski definition) is 2. The van der Waals surface area contributed by atoms with E-state index >= 15 is 0 Å². The minimum absolute atomic E-state index is 0.0603. The maximum absolute atomic E-state index is 13.6. The third-order valence-electron chi connectivity index (χ3n) is 6.24. The maximum Gasteiger partial charge on any atom is 0.325 e. The zero-order chi connectivity index (χ0) is 18.7. The van der Waals surface area contributed by atoms with Crippen molar-refractivity contribution in [3.63, 3.8) is 0 Å². The Morgan fingerprint density at radius 3 is 2.56 bits per heavy atom. The fourth-order valence-corrected chi connectivity index (χ4v) is 4.73. The molecule has 1 aromatic rings. The topological polar surface area (TPSA) is 77.6 Å². The third-order valence-corrected chi connectivity index (χ3v) is 6.24. The second-order valence-corrected chi connectivity index (χ2v) is 7.84. The van der Waals surface area contributed by atoms with Gasteiger partial charge < -0.3 is 15.5 Å². The first-order valence-electron chi connectivity index (χ1n) is 10.2. The molecular weight excluding hydrogens is 342 g/mol. The molecule has 0 aromatic carbocycles. The van der Waals surface area contributed by atoms with E-state index in [1.807, 2.05) is 18.2 Å². The number of imide groups is 1. The van der Waals surface area contributed by atoms with Crippen molar-refractivity contribution >= 4 is 11.9 Å². The van der Waals surface area contributed by atoms with Crippen molar-refractivity contribution in [2.45, 2.75) is 37.6 Å². The van der Waals surface area contributed by atoms with E-state index in [2.05, 4.69) is 20.5 Å². The molecule has 3 fully saturated rings. The first kappa shape index (κ1) is 18.4. The number of nitrogens with one attached hydrogen (secondary N) is 2. The van der Waals surface area contributed by atoms with Gasteiger partial charge in [-0.15, -0.1) is 0 Å². The van der Waals surface area contributed by atoms with Gasteiger partial charge in [-0.1, -0.05) is 12.5 Å². The minimum Gasteiger partial charge on any atom is -0.318 e. The summed E-state index contributed by atoms with van der Waals surface area (Å²) < 4.78 is 0. The summed E-state index contributed by atoms with van der Waals surface area (Å²) in [5, 5.41) is 6.42. The summed E-state index contributed by atoms with van der Waals surface area (Å²) in [5.41, 5.74) is -0.363. The van der Waals surface area contributed by atoms with Crippen molar-refractivity contribution in [2.24, 2.45) is 5.92 Å². The van der Waals surface area contributed by atoms with Crippen molar-refractivity contribution in [1.29, 1.82) is 0 Å². The van der Waals surface area contributed by atoms with Crippen LogP contribution in [0.4, 0.5) is 4.79 Å².